The maximum absolute atomic E-state index is 5.71. The van der Waals surface area contributed by atoms with Crippen LogP contribution >= 0.6 is 0 Å². The third kappa shape index (κ3) is 4.58. The van der Waals surface area contributed by atoms with Crippen LogP contribution in [0.3, 0.4) is 0 Å². The average molecular weight is 242 g/mol. The molecule has 0 radical (unpaired) electrons. The van der Waals surface area contributed by atoms with Crippen LogP contribution in [-0.4, -0.2) is 22.7 Å². The molecule has 0 spiro atoms. The molecule has 0 aliphatic carbocycles. The molecule has 2 atom stereocenters. The maximum Gasteiger partial charge on any atom is 0.0468 e. The Bertz CT molecular complexity index is 206. The van der Waals surface area contributed by atoms with E-state index in [1.807, 2.05) is 0 Å². The molecule has 1 aliphatic heterocycles. The van der Waals surface area contributed by atoms with Crippen LogP contribution in [0.5, 0.6) is 0 Å². The number of ether oxygens (including phenoxy) is 1. The summed E-state index contributed by atoms with van der Waals surface area (Å²) in [6, 6.07) is 1.39. The second-order valence-corrected chi connectivity index (χ2v) is 10.0. The predicted octanol–water partition coefficient (Wildman–Crippen LogP) is 3.49. The zero-order valence-corrected chi connectivity index (χ0v) is 13.5. The zero-order valence-electron chi connectivity index (χ0n) is 12.1. The lowest BCUT2D eigenvalue weighted by molar-refractivity contribution is 0.0752. The van der Waals surface area contributed by atoms with Crippen molar-refractivity contribution in [3.8, 4) is 0 Å². The molecule has 0 aromatic carbocycles. The van der Waals surface area contributed by atoms with Gasteiger partial charge in [-0.3, -0.25) is 0 Å². The van der Waals surface area contributed by atoms with E-state index in [1.54, 1.807) is 0 Å². The molecule has 1 saturated heterocycles. The van der Waals surface area contributed by atoms with E-state index < -0.39 is 0 Å². The molecule has 0 amide bonds. The van der Waals surface area contributed by atoms with Crippen molar-refractivity contribution in [2.75, 3.05) is 13.2 Å². The highest BCUT2D eigenvalue weighted by Gasteiger charge is 2.35. The summed E-state index contributed by atoms with van der Waals surface area (Å²) in [6.45, 7) is 16.4. The van der Waals surface area contributed by atoms with Crippen molar-refractivity contribution in [2.24, 2.45) is 16.7 Å². The number of hydrogen-bond donors (Lipinski definition) is 0. The zero-order chi connectivity index (χ0) is 12.4. The molecule has 0 aromatic rings. The molecular formula is C14H30OSi. The molecule has 1 heterocycles. The SMILES string of the molecule is CC(C)(C)CC(C1COCC[SiH2]1)C(C)(C)C. The van der Waals surface area contributed by atoms with Crippen LogP contribution in [0, 0.1) is 16.7 Å². The number of hydrogen-bond acceptors (Lipinski definition) is 1. The van der Waals surface area contributed by atoms with Crippen molar-refractivity contribution in [3.63, 3.8) is 0 Å². The van der Waals surface area contributed by atoms with Gasteiger partial charge in [0.05, 0.1) is 0 Å². The van der Waals surface area contributed by atoms with Crippen LogP contribution < -0.4 is 0 Å². The molecule has 0 saturated carbocycles. The third-order valence-electron chi connectivity index (χ3n) is 3.71. The van der Waals surface area contributed by atoms with E-state index >= 15 is 0 Å². The van der Waals surface area contributed by atoms with E-state index in [0.29, 0.717) is 10.8 Å². The van der Waals surface area contributed by atoms with Gasteiger partial charge in [0.15, 0.2) is 0 Å². The van der Waals surface area contributed by atoms with E-state index in [-0.39, 0.29) is 9.52 Å². The standard InChI is InChI=1S/C14H30OSi/c1-13(2,3)9-11(14(4,5)6)12-10-15-7-8-16-12/h11-12H,7-10,16H2,1-6H3. The van der Waals surface area contributed by atoms with Gasteiger partial charge < -0.3 is 4.74 Å². The maximum atomic E-state index is 5.71. The van der Waals surface area contributed by atoms with Crippen LogP contribution in [0.1, 0.15) is 48.0 Å². The minimum Gasteiger partial charge on any atom is -0.382 e. The highest BCUT2D eigenvalue weighted by atomic mass is 28.2. The first kappa shape index (κ1) is 14.2. The highest BCUT2D eigenvalue weighted by Crippen LogP contribution is 2.43. The van der Waals surface area contributed by atoms with Crippen LogP contribution in [0.4, 0.5) is 0 Å². The van der Waals surface area contributed by atoms with Gasteiger partial charge in [0, 0.05) is 22.7 Å². The molecule has 1 fully saturated rings. The summed E-state index contributed by atoms with van der Waals surface area (Å²) in [6.07, 6.45) is 1.34. The van der Waals surface area contributed by atoms with Crippen molar-refractivity contribution < 1.29 is 4.74 Å². The summed E-state index contributed by atoms with van der Waals surface area (Å²) in [7, 11) is 0.101. The Morgan fingerprint density at radius 2 is 1.81 bits per heavy atom. The lowest BCUT2D eigenvalue weighted by Gasteiger charge is -2.42. The molecule has 0 aromatic heterocycles. The normalized spacial score (nSPS) is 27.0. The van der Waals surface area contributed by atoms with E-state index in [9.17, 15) is 0 Å². The van der Waals surface area contributed by atoms with Gasteiger partial charge in [-0.2, -0.15) is 0 Å². The van der Waals surface area contributed by atoms with E-state index in [0.717, 1.165) is 24.7 Å². The fourth-order valence-electron chi connectivity index (χ4n) is 2.92. The fourth-order valence-corrected chi connectivity index (χ4v) is 5.43. The highest BCUT2D eigenvalue weighted by molar-refractivity contribution is 6.38. The molecule has 0 bridgehead atoms. The second-order valence-electron chi connectivity index (χ2n) is 7.71. The minimum atomic E-state index is 0.101. The predicted molar refractivity (Wildman–Crippen MR) is 74.9 cm³/mol. The van der Waals surface area contributed by atoms with Gasteiger partial charge in [0.2, 0.25) is 0 Å². The Morgan fingerprint density at radius 3 is 2.19 bits per heavy atom. The third-order valence-corrected chi connectivity index (χ3v) is 5.95. The lowest BCUT2D eigenvalue weighted by atomic mass is 9.70. The van der Waals surface area contributed by atoms with Crippen molar-refractivity contribution in [1.29, 1.82) is 0 Å². The van der Waals surface area contributed by atoms with Gasteiger partial charge in [0.25, 0.3) is 0 Å². The molecule has 16 heavy (non-hydrogen) atoms. The van der Waals surface area contributed by atoms with Crippen molar-refractivity contribution in [3.05, 3.63) is 0 Å². The fraction of sp³-hybridized carbons (Fsp3) is 1.00. The Hall–Kier alpha value is 0.177. The summed E-state index contributed by atoms with van der Waals surface area (Å²) >= 11 is 0. The largest absolute Gasteiger partial charge is 0.382 e. The molecular weight excluding hydrogens is 212 g/mol. The van der Waals surface area contributed by atoms with Gasteiger partial charge in [-0.25, -0.2) is 0 Å². The first-order valence-corrected chi connectivity index (χ1v) is 8.59. The van der Waals surface area contributed by atoms with Crippen molar-refractivity contribution in [2.45, 2.75) is 59.5 Å². The molecule has 2 heteroatoms. The monoisotopic (exact) mass is 242 g/mol. The van der Waals surface area contributed by atoms with Gasteiger partial charge in [-0.15, -0.1) is 0 Å². The molecule has 1 nitrogen and oxygen atoms in total. The van der Waals surface area contributed by atoms with Gasteiger partial charge >= 0.3 is 0 Å². The molecule has 96 valence electrons. The Kier molecular flexibility index (Phi) is 4.64. The lowest BCUT2D eigenvalue weighted by Crippen LogP contribution is -2.36. The quantitative estimate of drug-likeness (QED) is 0.674. The van der Waals surface area contributed by atoms with E-state index in [4.69, 9.17) is 4.74 Å². The molecule has 1 aliphatic rings. The van der Waals surface area contributed by atoms with Gasteiger partial charge in [-0.1, -0.05) is 41.5 Å². The first-order valence-electron chi connectivity index (χ1n) is 6.78. The summed E-state index contributed by atoms with van der Waals surface area (Å²) < 4.78 is 5.71. The summed E-state index contributed by atoms with van der Waals surface area (Å²) in [5.41, 5.74) is 1.79. The Labute approximate surface area is 104 Å². The minimum absolute atomic E-state index is 0.101. The summed E-state index contributed by atoms with van der Waals surface area (Å²) in [5, 5.41) is 0. The summed E-state index contributed by atoms with van der Waals surface area (Å²) in [5.74, 6) is 0.847. The molecule has 0 N–H and O–H groups in total. The van der Waals surface area contributed by atoms with Crippen molar-refractivity contribution >= 4 is 9.52 Å². The van der Waals surface area contributed by atoms with Crippen LogP contribution in [0.15, 0.2) is 0 Å². The van der Waals surface area contributed by atoms with Crippen LogP contribution in [0.2, 0.25) is 11.6 Å². The van der Waals surface area contributed by atoms with E-state index in [2.05, 4.69) is 41.5 Å². The second kappa shape index (κ2) is 5.22. The Morgan fingerprint density at radius 1 is 1.19 bits per heavy atom. The van der Waals surface area contributed by atoms with Gasteiger partial charge in [0.1, 0.15) is 0 Å². The number of rotatable bonds is 2. The topological polar surface area (TPSA) is 9.23 Å². The molecule has 1 rings (SSSR count). The van der Waals surface area contributed by atoms with E-state index in [1.165, 1.54) is 12.5 Å². The smallest absolute Gasteiger partial charge is 0.0468 e. The Balaban J connectivity index is 2.70. The van der Waals surface area contributed by atoms with Crippen molar-refractivity contribution in [1.82, 2.24) is 0 Å². The average Bonchev–Trinajstić information content (AvgIpc) is 2.13. The van der Waals surface area contributed by atoms with Gasteiger partial charge in [-0.05, 0) is 34.8 Å². The summed E-state index contributed by atoms with van der Waals surface area (Å²) in [4.78, 5) is 0. The van der Waals surface area contributed by atoms with Crippen LogP contribution in [-0.2, 0) is 4.74 Å². The van der Waals surface area contributed by atoms with Crippen LogP contribution in [0.25, 0.3) is 0 Å². The molecule has 2 unspecified atom stereocenters. The first-order chi connectivity index (χ1) is 7.20.